The van der Waals surface area contributed by atoms with Crippen LogP contribution in [0, 0.1) is 19.3 Å². The smallest absolute Gasteiger partial charge is 0.475 e. The van der Waals surface area contributed by atoms with Crippen LogP contribution in [0.3, 0.4) is 0 Å². The van der Waals surface area contributed by atoms with Gasteiger partial charge in [0.1, 0.15) is 18.1 Å². The number of nitrogens with zero attached hydrogens (tertiary/aromatic N) is 4. The number of hydrogen-bond donors (Lipinski definition) is 5. The van der Waals surface area contributed by atoms with E-state index < -0.39 is 53.6 Å². The molecule has 1 fully saturated rings. The molecule has 262 valence electrons. The van der Waals surface area contributed by atoms with E-state index in [4.69, 9.17) is 15.6 Å². The molecular formula is C31H40F3N7O6S. The van der Waals surface area contributed by atoms with Gasteiger partial charge in [-0.1, -0.05) is 45.0 Å². The number of alkyl halides is 3. The van der Waals surface area contributed by atoms with E-state index in [1.54, 1.807) is 36.2 Å². The van der Waals surface area contributed by atoms with Gasteiger partial charge in [-0.05, 0) is 30.4 Å². The minimum atomic E-state index is -5.08. The number of carboxylic acids is 1. The summed E-state index contributed by atoms with van der Waals surface area (Å²) in [6, 6.07) is 5.01. The third-order valence-corrected chi connectivity index (χ3v) is 8.58. The lowest BCUT2D eigenvalue weighted by molar-refractivity contribution is -0.192. The van der Waals surface area contributed by atoms with Crippen LogP contribution in [0.25, 0.3) is 10.4 Å². The van der Waals surface area contributed by atoms with Crippen LogP contribution in [-0.4, -0.2) is 84.5 Å². The first-order chi connectivity index (χ1) is 22.2. The second-order valence-corrected chi connectivity index (χ2v) is 13.4. The number of carbonyl (C=O) groups is 4. The minimum Gasteiger partial charge on any atom is -0.475 e. The number of halogens is 3. The van der Waals surface area contributed by atoms with Crippen LogP contribution in [0.2, 0.25) is 0 Å². The molecule has 6 N–H and O–H groups in total. The third kappa shape index (κ3) is 9.60. The molecule has 0 bridgehead atoms. The fourth-order valence-electron chi connectivity index (χ4n) is 5.08. The van der Waals surface area contributed by atoms with Gasteiger partial charge in [0, 0.05) is 38.3 Å². The van der Waals surface area contributed by atoms with Gasteiger partial charge in [-0.2, -0.15) is 18.3 Å². The fourth-order valence-corrected chi connectivity index (χ4v) is 5.89. The first-order valence-corrected chi connectivity index (χ1v) is 15.7. The molecule has 48 heavy (non-hydrogen) atoms. The number of nitrogens with two attached hydrogens (primary N) is 1. The number of hydrogen-bond acceptors (Lipinski definition) is 9. The maximum Gasteiger partial charge on any atom is 0.490 e. The highest BCUT2D eigenvalue weighted by Gasteiger charge is 2.45. The molecule has 13 nitrogen and oxygen atoms in total. The van der Waals surface area contributed by atoms with Crippen molar-refractivity contribution in [3.8, 4) is 10.4 Å². The highest BCUT2D eigenvalue weighted by Crippen LogP contribution is 2.29. The van der Waals surface area contributed by atoms with Crippen LogP contribution in [0.5, 0.6) is 0 Å². The number of aliphatic hydroxyl groups excluding tert-OH is 1. The van der Waals surface area contributed by atoms with Gasteiger partial charge in [0.2, 0.25) is 17.7 Å². The van der Waals surface area contributed by atoms with E-state index in [1.165, 1.54) is 4.90 Å². The molecule has 3 heterocycles. The Balaban J connectivity index is 0.000000804. The fraction of sp³-hybridized carbons (Fsp3) is 0.484. The van der Waals surface area contributed by atoms with Gasteiger partial charge < -0.3 is 31.5 Å². The summed E-state index contributed by atoms with van der Waals surface area (Å²) >= 11 is 1.58. The number of aliphatic hydroxyl groups is 1. The van der Waals surface area contributed by atoms with Crippen LogP contribution >= 0.6 is 11.3 Å². The van der Waals surface area contributed by atoms with Gasteiger partial charge in [0.25, 0.3) is 0 Å². The molecule has 1 unspecified atom stereocenters. The molecule has 17 heteroatoms. The minimum absolute atomic E-state index is 0.00393. The number of aromatic nitrogens is 3. The SMILES string of the molecule is Cc1nn(C)cc1C(N)C(=O)N[C@@H](C(=O)N1C[C@H](O)C[C@H]1C(=O)NCc1ccc(-c2scnc2C)cc1)C(C)(C)C.O=C(O)C(F)(F)F. The summed E-state index contributed by atoms with van der Waals surface area (Å²) in [4.78, 5) is 55.9. The van der Waals surface area contributed by atoms with Crippen molar-refractivity contribution in [3.05, 3.63) is 58.5 Å². The average molecular weight is 696 g/mol. The molecule has 0 aliphatic carbocycles. The van der Waals surface area contributed by atoms with Crippen molar-refractivity contribution in [1.82, 2.24) is 30.3 Å². The number of carboxylic acid groups (broad SMARTS) is 1. The molecule has 3 aromatic rings. The molecule has 3 amide bonds. The molecule has 0 saturated carbocycles. The lowest BCUT2D eigenvalue weighted by Crippen LogP contribution is -2.58. The zero-order valence-corrected chi connectivity index (χ0v) is 28.1. The summed E-state index contributed by atoms with van der Waals surface area (Å²) in [5.41, 5.74) is 11.5. The Morgan fingerprint density at radius 3 is 2.19 bits per heavy atom. The number of carbonyl (C=O) groups excluding carboxylic acids is 3. The molecule has 0 spiro atoms. The summed E-state index contributed by atoms with van der Waals surface area (Å²) in [5, 5.41) is 27.5. The summed E-state index contributed by atoms with van der Waals surface area (Å²) in [5.74, 6) is -4.08. The molecule has 4 atom stereocenters. The van der Waals surface area contributed by atoms with Gasteiger partial charge in [0.15, 0.2) is 0 Å². The normalized spacial score (nSPS) is 17.6. The lowest BCUT2D eigenvalue weighted by atomic mass is 9.85. The number of rotatable bonds is 8. The lowest BCUT2D eigenvalue weighted by Gasteiger charge is -2.35. The standard InChI is InChI=1S/C29H39N7O4S.C2HF3O2/c1-16-21(14-35(6)34-16)23(30)27(39)33-25(29(3,4)5)28(40)36-13-20(37)11-22(36)26(38)31-12-18-7-9-19(10-8-18)24-17(2)32-15-41-24;3-2(4,5)1(6)7/h7-10,14-15,20,22-23,25,37H,11-13,30H2,1-6H3,(H,31,38)(H,33,39);(H,6,7)/t20-,22+,23?,25+;/m1./s1. The first kappa shape index (κ1) is 38.1. The van der Waals surface area contributed by atoms with Crippen molar-refractivity contribution in [3.63, 3.8) is 0 Å². The number of benzene rings is 1. The number of β-amino-alcohol motifs (C(OH)–C–C–N with tert-alkyl or cyclic N) is 1. The van der Waals surface area contributed by atoms with Crippen molar-refractivity contribution in [2.75, 3.05) is 6.54 Å². The largest absolute Gasteiger partial charge is 0.490 e. The third-order valence-electron chi connectivity index (χ3n) is 7.60. The van der Waals surface area contributed by atoms with Gasteiger partial charge in [-0.25, -0.2) is 9.78 Å². The highest BCUT2D eigenvalue weighted by atomic mass is 32.1. The number of nitrogens with one attached hydrogen (secondary N) is 2. The Morgan fingerprint density at radius 2 is 1.71 bits per heavy atom. The molecule has 0 radical (unpaired) electrons. The van der Waals surface area contributed by atoms with Gasteiger partial charge >= 0.3 is 12.1 Å². The van der Waals surface area contributed by atoms with Crippen molar-refractivity contribution in [2.24, 2.45) is 18.2 Å². The average Bonchev–Trinajstić information content (AvgIpc) is 3.70. The Labute approximate surface area is 279 Å². The maximum atomic E-state index is 13.8. The second-order valence-electron chi connectivity index (χ2n) is 12.5. The van der Waals surface area contributed by atoms with Crippen LogP contribution in [-0.2, 0) is 32.8 Å². The van der Waals surface area contributed by atoms with Crippen molar-refractivity contribution >= 4 is 35.0 Å². The topological polar surface area (TPSA) is 193 Å². The van der Waals surface area contributed by atoms with Crippen LogP contribution < -0.4 is 16.4 Å². The zero-order chi connectivity index (χ0) is 36.1. The number of thiazole rings is 1. The van der Waals surface area contributed by atoms with Crippen LogP contribution in [0.15, 0.2) is 36.0 Å². The van der Waals surface area contributed by atoms with Gasteiger partial charge in [-0.15, -0.1) is 11.3 Å². The molecule has 2 aromatic heterocycles. The Morgan fingerprint density at radius 1 is 1.10 bits per heavy atom. The second kappa shape index (κ2) is 15.3. The molecule has 1 aromatic carbocycles. The van der Waals surface area contributed by atoms with Crippen LogP contribution in [0.4, 0.5) is 13.2 Å². The number of aryl methyl sites for hydroxylation is 3. The Hall–Kier alpha value is -4.35. The van der Waals surface area contributed by atoms with E-state index in [1.807, 2.05) is 57.5 Å². The maximum absolute atomic E-state index is 13.8. The summed E-state index contributed by atoms with van der Waals surface area (Å²) < 4.78 is 33.3. The number of amides is 3. The molecular weight excluding hydrogens is 655 g/mol. The van der Waals surface area contributed by atoms with Gasteiger partial charge in [0.05, 0.1) is 27.9 Å². The van der Waals surface area contributed by atoms with E-state index in [-0.39, 0.29) is 25.4 Å². The van der Waals surface area contributed by atoms with Crippen molar-refractivity contribution < 1.29 is 42.6 Å². The predicted octanol–water partition coefficient (Wildman–Crippen LogP) is 2.60. The van der Waals surface area contributed by atoms with E-state index in [9.17, 15) is 32.7 Å². The summed E-state index contributed by atoms with van der Waals surface area (Å²) in [6.07, 6.45) is -4.15. The summed E-state index contributed by atoms with van der Waals surface area (Å²) in [7, 11) is 1.74. The van der Waals surface area contributed by atoms with E-state index in [0.717, 1.165) is 21.7 Å². The van der Waals surface area contributed by atoms with Crippen LogP contribution in [0.1, 0.15) is 55.7 Å². The summed E-state index contributed by atoms with van der Waals surface area (Å²) in [6.45, 7) is 9.49. The molecule has 1 saturated heterocycles. The van der Waals surface area contributed by atoms with E-state index in [0.29, 0.717) is 11.3 Å². The first-order valence-electron chi connectivity index (χ1n) is 14.8. The quantitative estimate of drug-likeness (QED) is 0.236. The van der Waals surface area contributed by atoms with E-state index in [2.05, 4.69) is 20.7 Å². The Bertz CT molecular complexity index is 1620. The molecule has 1 aliphatic heterocycles. The number of likely N-dealkylation sites (tertiary alicyclic amines) is 1. The predicted molar refractivity (Wildman–Crippen MR) is 170 cm³/mol. The van der Waals surface area contributed by atoms with Gasteiger partial charge in [-0.3, -0.25) is 19.1 Å². The highest BCUT2D eigenvalue weighted by molar-refractivity contribution is 7.13. The van der Waals surface area contributed by atoms with Crippen molar-refractivity contribution in [1.29, 1.82) is 0 Å². The number of aliphatic carboxylic acids is 1. The van der Waals surface area contributed by atoms with E-state index >= 15 is 0 Å². The monoisotopic (exact) mass is 695 g/mol. The molecule has 1 aliphatic rings. The Kier molecular flexibility index (Phi) is 12.1. The molecule has 4 rings (SSSR count). The van der Waals surface area contributed by atoms with Crippen molar-refractivity contribution in [2.45, 2.75) is 78.0 Å². The zero-order valence-electron chi connectivity index (χ0n) is 27.3.